The number of hydrogen-bond donors (Lipinski definition) is 0. The zero-order valence-electron chi connectivity index (χ0n) is 15.0. The normalized spacial score (nSPS) is 25.4. The Balaban J connectivity index is 2.05. The van der Waals surface area contributed by atoms with Crippen LogP contribution in [0.1, 0.15) is 30.5 Å². The van der Waals surface area contributed by atoms with Crippen molar-refractivity contribution in [3.8, 4) is 11.5 Å². The van der Waals surface area contributed by atoms with Crippen molar-refractivity contribution in [1.29, 1.82) is 0 Å². The molecule has 2 bridgehead atoms. The molecule has 0 amide bonds. The molecule has 2 unspecified atom stereocenters. The summed E-state index contributed by atoms with van der Waals surface area (Å²) in [5, 5.41) is 0. The van der Waals surface area contributed by atoms with E-state index in [0.29, 0.717) is 11.5 Å². The van der Waals surface area contributed by atoms with E-state index in [9.17, 15) is 4.79 Å². The van der Waals surface area contributed by atoms with Crippen molar-refractivity contribution in [1.82, 2.24) is 0 Å². The van der Waals surface area contributed by atoms with Crippen molar-refractivity contribution in [2.45, 2.75) is 31.2 Å². The van der Waals surface area contributed by atoms with E-state index in [1.165, 1.54) is 0 Å². The minimum atomic E-state index is -1.29. The van der Waals surface area contributed by atoms with Gasteiger partial charge in [0.1, 0.15) is 0 Å². The Morgan fingerprint density at radius 3 is 2.15 bits per heavy atom. The van der Waals surface area contributed by atoms with Gasteiger partial charge in [-0.15, -0.1) is 0 Å². The molecule has 2 atom stereocenters. The molecular formula is C20H19IO5. The summed E-state index contributed by atoms with van der Waals surface area (Å²) in [6.45, 7) is 4.00. The first-order chi connectivity index (χ1) is 12.3. The Kier molecular flexibility index (Phi) is 3.96. The highest BCUT2D eigenvalue weighted by Gasteiger charge is 2.63. The second-order valence-electron chi connectivity index (χ2n) is 7.02. The van der Waals surface area contributed by atoms with E-state index in [4.69, 9.17) is 18.9 Å². The lowest BCUT2D eigenvalue weighted by Gasteiger charge is -2.40. The standard InChI is InChI=1S/C20H19IO5/c1-19(2)13-9-15(23-3)16(24-4)10-14(13)20(17(22)25-18(19)26-20)11-5-7-12(21)8-6-11/h5-10,18H,1-4H3. The SMILES string of the molecule is COc1cc2c(cc1OC)C(C)(C)C1OC(=O)C2(c2ccc(I)cc2)O1. The molecule has 0 N–H and O–H groups in total. The lowest BCUT2D eigenvalue weighted by atomic mass is 9.72. The molecular weight excluding hydrogens is 447 g/mol. The Hall–Kier alpha value is -1.80. The Labute approximate surface area is 165 Å². The smallest absolute Gasteiger partial charge is 0.350 e. The highest BCUT2D eigenvalue weighted by atomic mass is 127. The minimum Gasteiger partial charge on any atom is -0.493 e. The van der Waals surface area contributed by atoms with Crippen LogP contribution in [-0.2, 0) is 25.3 Å². The molecule has 0 radical (unpaired) electrons. The first-order valence-electron chi connectivity index (χ1n) is 8.26. The van der Waals surface area contributed by atoms with E-state index >= 15 is 0 Å². The summed E-state index contributed by atoms with van der Waals surface area (Å²) in [7, 11) is 3.17. The van der Waals surface area contributed by atoms with Crippen molar-refractivity contribution >= 4 is 28.6 Å². The lowest BCUT2D eigenvalue weighted by Crippen LogP contribution is -2.45. The predicted molar refractivity (Wildman–Crippen MR) is 103 cm³/mol. The fraction of sp³-hybridized carbons (Fsp3) is 0.350. The third kappa shape index (κ3) is 2.21. The van der Waals surface area contributed by atoms with Crippen molar-refractivity contribution in [3.05, 3.63) is 56.7 Å². The van der Waals surface area contributed by atoms with E-state index in [-0.39, 0.29) is 0 Å². The second kappa shape index (κ2) is 5.85. The summed E-state index contributed by atoms with van der Waals surface area (Å²) in [6.07, 6.45) is -0.667. The molecule has 136 valence electrons. The maximum atomic E-state index is 13.0. The molecule has 1 fully saturated rings. The number of benzene rings is 2. The molecule has 4 rings (SSSR count). The molecule has 26 heavy (non-hydrogen) atoms. The first kappa shape index (κ1) is 17.6. The number of methoxy groups -OCH3 is 2. The zero-order valence-corrected chi connectivity index (χ0v) is 17.1. The van der Waals surface area contributed by atoms with Crippen molar-refractivity contribution in [2.75, 3.05) is 14.2 Å². The average Bonchev–Trinajstić information content (AvgIpc) is 2.97. The summed E-state index contributed by atoms with van der Waals surface area (Å²) in [6, 6.07) is 11.5. The summed E-state index contributed by atoms with van der Waals surface area (Å²) in [5.41, 5.74) is 0.623. The topological polar surface area (TPSA) is 54.0 Å². The number of fused-ring (bicyclic) bond motifs is 4. The Bertz CT molecular complexity index is 890. The van der Waals surface area contributed by atoms with Crippen LogP contribution in [0.3, 0.4) is 0 Å². The van der Waals surface area contributed by atoms with Crippen LogP contribution in [0, 0.1) is 3.57 Å². The van der Waals surface area contributed by atoms with E-state index in [1.807, 2.05) is 50.2 Å². The Morgan fingerprint density at radius 1 is 1.00 bits per heavy atom. The number of carbonyl (C=O) groups is 1. The summed E-state index contributed by atoms with van der Waals surface area (Å²) >= 11 is 2.23. The minimum absolute atomic E-state index is 0.400. The number of carbonyl (C=O) groups excluding carboxylic acids is 1. The largest absolute Gasteiger partial charge is 0.493 e. The van der Waals surface area contributed by atoms with Gasteiger partial charge in [-0.1, -0.05) is 12.1 Å². The molecule has 2 heterocycles. The number of hydrogen-bond acceptors (Lipinski definition) is 5. The molecule has 0 saturated carbocycles. The van der Waals surface area contributed by atoms with Gasteiger partial charge in [-0.3, -0.25) is 0 Å². The van der Waals surface area contributed by atoms with Gasteiger partial charge in [-0.05, 0) is 71.8 Å². The molecule has 0 spiro atoms. The van der Waals surface area contributed by atoms with Gasteiger partial charge in [0, 0.05) is 9.13 Å². The quantitative estimate of drug-likeness (QED) is 0.510. The van der Waals surface area contributed by atoms with Gasteiger partial charge in [0.05, 0.1) is 19.6 Å². The molecule has 0 aliphatic carbocycles. The van der Waals surface area contributed by atoms with Crippen LogP contribution in [0.5, 0.6) is 11.5 Å². The van der Waals surface area contributed by atoms with Crippen molar-refractivity contribution in [2.24, 2.45) is 0 Å². The molecule has 2 aromatic rings. The van der Waals surface area contributed by atoms with Gasteiger partial charge in [0.15, 0.2) is 11.5 Å². The average molecular weight is 466 g/mol. The highest BCUT2D eigenvalue weighted by molar-refractivity contribution is 14.1. The van der Waals surface area contributed by atoms with E-state index < -0.39 is 23.3 Å². The van der Waals surface area contributed by atoms with E-state index in [0.717, 1.165) is 20.3 Å². The predicted octanol–water partition coefficient (Wildman–Crippen LogP) is 3.74. The van der Waals surface area contributed by atoms with Crippen LogP contribution in [0.4, 0.5) is 0 Å². The lowest BCUT2D eigenvalue weighted by molar-refractivity contribution is -0.149. The highest BCUT2D eigenvalue weighted by Crippen LogP contribution is 2.55. The molecule has 6 heteroatoms. The van der Waals surface area contributed by atoms with Crippen molar-refractivity contribution in [3.63, 3.8) is 0 Å². The van der Waals surface area contributed by atoms with Crippen LogP contribution in [0.2, 0.25) is 0 Å². The molecule has 2 aliphatic rings. The first-order valence-corrected chi connectivity index (χ1v) is 9.34. The maximum Gasteiger partial charge on any atom is 0.350 e. The van der Waals surface area contributed by atoms with Crippen LogP contribution >= 0.6 is 22.6 Å². The number of rotatable bonds is 3. The van der Waals surface area contributed by atoms with Crippen LogP contribution < -0.4 is 9.47 Å². The number of esters is 1. The second-order valence-corrected chi connectivity index (χ2v) is 8.26. The summed E-state index contributed by atoms with van der Waals surface area (Å²) < 4.78 is 24.0. The van der Waals surface area contributed by atoms with E-state index in [2.05, 4.69) is 22.6 Å². The zero-order chi connectivity index (χ0) is 18.7. The molecule has 2 aromatic carbocycles. The number of halogens is 1. The molecule has 0 aromatic heterocycles. The Morgan fingerprint density at radius 2 is 1.58 bits per heavy atom. The van der Waals surface area contributed by atoms with Crippen LogP contribution in [-0.4, -0.2) is 26.5 Å². The number of ether oxygens (including phenoxy) is 4. The third-order valence-electron chi connectivity index (χ3n) is 5.22. The molecule has 2 aliphatic heterocycles. The molecule has 1 saturated heterocycles. The van der Waals surface area contributed by atoms with Crippen LogP contribution in [0.15, 0.2) is 36.4 Å². The summed E-state index contributed by atoms with van der Waals surface area (Å²) in [4.78, 5) is 13.0. The van der Waals surface area contributed by atoms with Gasteiger partial charge in [-0.2, -0.15) is 0 Å². The third-order valence-corrected chi connectivity index (χ3v) is 5.94. The van der Waals surface area contributed by atoms with Crippen molar-refractivity contribution < 1.29 is 23.7 Å². The summed E-state index contributed by atoms with van der Waals surface area (Å²) in [5.74, 6) is 0.766. The van der Waals surface area contributed by atoms with Crippen LogP contribution in [0.25, 0.3) is 0 Å². The van der Waals surface area contributed by atoms with Gasteiger partial charge in [0.2, 0.25) is 11.9 Å². The molecule has 5 nitrogen and oxygen atoms in total. The van der Waals surface area contributed by atoms with Gasteiger partial charge < -0.3 is 18.9 Å². The van der Waals surface area contributed by atoms with Gasteiger partial charge in [-0.25, -0.2) is 4.79 Å². The fourth-order valence-corrected chi connectivity index (χ4v) is 4.10. The van der Waals surface area contributed by atoms with Gasteiger partial charge in [0.25, 0.3) is 0 Å². The fourth-order valence-electron chi connectivity index (χ4n) is 3.74. The van der Waals surface area contributed by atoms with E-state index in [1.54, 1.807) is 14.2 Å². The van der Waals surface area contributed by atoms with Gasteiger partial charge >= 0.3 is 5.97 Å². The monoisotopic (exact) mass is 466 g/mol. The maximum absolute atomic E-state index is 13.0.